The van der Waals surface area contributed by atoms with E-state index in [9.17, 15) is 38.4 Å². The number of phosphoric acid groups is 3. The van der Waals surface area contributed by atoms with Crippen molar-refractivity contribution in [3.8, 4) is 0 Å². The summed E-state index contributed by atoms with van der Waals surface area (Å²) in [6.45, 7) is 0.884. The van der Waals surface area contributed by atoms with Gasteiger partial charge in [-0.1, -0.05) is 19.8 Å². The standard InChI is InChI=1S/C15H28N3O15P3/c1-2-3-4-5-10(19)15(16)6-7-18(14(22)17-15)13-12(21)11(20)9(31-13)8-30-35(26,27)33-36(28,29)32-34(23,24)25/h6-7,9,11-13,20-21H,2-5,8,16H2,1H3,(H,17,22)(H,26,27)(H,28,29)(H2,23,24,25)/t9-,11-,12-,13-,15?/m1/s1. The fourth-order valence-corrected chi connectivity index (χ4v) is 6.25. The Morgan fingerprint density at radius 1 is 1.14 bits per heavy atom. The SMILES string of the molecule is CCCCCC(=O)C1(N)C=CN([C@@H]2O[C@H](COP(=O)(O)OP(=O)(O)OP(=O)(O)O)[C@@H](O)[C@H]2O)C(=O)N1. The van der Waals surface area contributed by atoms with Crippen LogP contribution in [0.5, 0.6) is 0 Å². The maximum Gasteiger partial charge on any atom is 0.490 e. The molecule has 7 atom stereocenters. The van der Waals surface area contributed by atoms with Crippen LogP contribution in [0.25, 0.3) is 0 Å². The van der Waals surface area contributed by atoms with Gasteiger partial charge < -0.3 is 39.8 Å². The number of carbonyl (C=O) groups is 2. The van der Waals surface area contributed by atoms with Crippen molar-refractivity contribution in [1.29, 1.82) is 0 Å². The number of urea groups is 1. The molecule has 2 heterocycles. The second kappa shape index (κ2) is 11.8. The first-order chi connectivity index (χ1) is 16.4. The molecule has 0 saturated carbocycles. The summed E-state index contributed by atoms with van der Waals surface area (Å²) in [5.74, 6) is -0.456. The molecule has 1 saturated heterocycles. The lowest BCUT2D eigenvalue weighted by Gasteiger charge is -2.36. The van der Waals surface area contributed by atoms with Gasteiger partial charge in [0.25, 0.3) is 0 Å². The van der Waals surface area contributed by atoms with Gasteiger partial charge in [0.15, 0.2) is 17.7 Å². The number of ketones is 1. The van der Waals surface area contributed by atoms with E-state index in [1.54, 1.807) is 0 Å². The number of rotatable bonds is 13. The third-order valence-electron chi connectivity index (χ3n) is 4.94. The molecule has 0 aromatic heterocycles. The zero-order valence-electron chi connectivity index (χ0n) is 18.7. The number of nitrogens with one attached hydrogen (secondary N) is 1. The van der Waals surface area contributed by atoms with Crippen LogP contribution in [0.15, 0.2) is 12.3 Å². The number of carbonyl (C=O) groups excluding carboxylic acids is 2. The number of nitrogens with zero attached hydrogens (tertiary/aromatic N) is 1. The predicted octanol–water partition coefficient (Wildman–Crippen LogP) is -0.880. The summed E-state index contributed by atoms with van der Waals surface area (Å²) in [7, 11) is -16.9. The molecule has 0 bridgehead atoms. The Balaban J connectivity index is 2.02. The summed E-state index contributed by atoms with van der Waals surface area (Å²) in [5.41, 5.74) is 4.16. The maximum absolute atomic E-state index is 12.6. The molecular formula is C15H28N3O15P3. The molecule has 2 amide bonds. The highest BCUT2D eigenvalue weighted by Crippen LogP contribution is 2.66. The minimum atomic E-state index is -5.76. The summed E-state index contributed by atoms with van der Waals surface area (Å²) in [5, 5.41) is 22.7. The summed E-state index contributed by atoms with van der Waals surface area (Å²) in [4.78, 5) is 61.4. The lowest BCUT2D eigenvalue weighted by molar-refractivity contribution is -0.124. The zero-order chi connectivity index (χ0) is 27.5. The van der Waals surface area contributed by atoms with E-state index in [4.69, 9.17) is 25.2 Å². The molecule has 0 aliphatic carbocycles. The number of Topliss-reactive ketones (excluding diaryl/α,β-unsaturated/α-hetero) is 1. The molecule has 0 radical (unpaired) electrons. The van der Waals surface area contributed by atoms with Crippen LogP contribution >= 0.6 is 23.5 Å². The second-order valence-corrected chi connectivity index (χ2v) is 12.3. The first-order valence-electron chi connectivity index (χ1n) is 10.3. The Morgan fingerprint density at radius 3 is 2.33 bits per heavy atom. The molecule has 0 aromatic rings. The van der Waals surface area contributed by atoms with E-state index in [0.717, 1.165) is 30.0 Å². The molecule has 2 aliphatic rings. The highest BCUT2D eigenvalue weighted by molar-refractivity contribution is 7.66. The van der Waals surface area contributed by atoms with E-state index in [2.05, 4.69) is 18.5 Å². The Kier molecular flexibility index (Phi) is 10.2. The van der Waals surface area contributed by atoms with Crippen LogP contribution in [0.1, 0.15) is 32.6 Å². The van der Waals surface area contributed by atoms with E-state index in [-0.39, 0.29) is 6.42 Å². The Labute approximate surface area is 204 Å². The van der Waals surface area contributed by atoms with Crippen LogP contribution < -0.4 is 11.1 Å². The van der Waals surface area contributed by atoms with Crippen molar-refractivity contribution >= 4 is 35.3 Å². The molecule has 21 heteroatoms. The van der Waals surface area contributed by atoms with Gasteiger partial charge >= 0.3 is 29.5 Å². The van der Waals surface area contributed by atoms with Crippen molar-refractivity contribution < 1.29 is 71.0 Å². The van der Waals surface area contributed by atoms with Crippen molar-refractivity contribution in [3.63, 3.8) is 0 Å². The highest BCUT2D eigenvalue weighted by atomic mass is 31.3. The fourth-order valence-electron chi connectivity index (χ4n) is 3.22. The van der Waals surface area contributed by atoms with Crippen LogP contribution in [0.4, 0.5) is 4.79 Å². The largest absolute Gasteiger partial charge is 0.490 e. The molecule has 36 heavy (non-hydrogen) atoms. The number of aliphatic hydroxyl groups is 2. The van der Waals surface area contributed by atoms with E-state index in [0.29, 0.717) is 6.42 Å². The zero-order valence-corrected chi connectivity index (χ0v) is 21.4. The second-order valence-electron chi connectivity index (χ2n) is 7.84. The van der Waals surface area contributed by atoms with Crippen LogP contribution in [-0.2, 0) is 36.4 Å². The number of hydrogen-bond acceptors (Lipinski definition) is 12. The lowest BCUT2D eigenvalue weighted by Crippen LogP contribution is -2.66. The molecule has 0 aromatic carbocycles. The smallest absolute Gasteiger partial charge is 0.387 e. The average Bonchev–Trinajstić information content (AvgIpc) is 2.98. The maximum atomic E-state index is 12.6. The lowest BCUT2D eigenvalue weighted by atomic mass is 9.98. The van der Waals surface area contributed by atoms with Gasteiger partial charge in [0.1, 0.15) is 18.3 Å². The van der Waals surface area contributed by atoms with Gasteiger partial charge in [0.05, 0.1) is 6.61 Å². The van der Waals surface area contributed by atoms with Crippen LogP contribution in [-0.4, -0.2) is 83.3 Å². The van der Waals surface area contributed by atoms with Gasteiger partial charge in [-0.3, -0.25) is 20.0 Å². The predicted molar refractivity (Wildman–Crippen MR) is 116 cm³/mol. The highest BCUT2D eigenvalue weighted by Gasteiger charge is 2.50. The van der Waals surface area contributed by atoms with Crippen molar-refractivity contribution in [3.05, 3.63) is 12.3 Å². The molecular weight excluding hydrogens is 555 g/mol. The molecule has 9 N–H and O–H groups in total. The quantitative estimate of drug-likeness (QED) is 0.0964. The summed E-state index contributed by atoms with van der Waals surface area (Å²) in [6, 6.07) is -0.964. The van der Waals surface area contributed by atoms with Crippen molar-refractivity contribution in [2.24, 2.45) is 5.73 Å². The van der Waals surface area contributed by atoms with Gasteiger partial charge in [0.2, 0.25) is 0 Å². The van der Waals surface area contributed by atoms with E-state index >= 15 is 0 Å². The summed E-state index contributed by atoms with van der Waals surface area (Å²) < 4.78 is 50.7. The third kappa shape index (κ3) is 8.48. The normalized spacial score (nSPS) is 32.1. The number of ether oxygens (including phenoxy) is 1. The van der Waals surface area contributed by atoms with Crippen molar-refractivity contribution in [2.45, 2.75) is 62.8 Å². The summed E-state index contributed by atoms with van der Waals surface area (Å²) >= 11 is 0. The van der Waals surface area contributed by atoms with Gasteiger partial charge in [-0.15, -0.1) is 0 Å². The number of amides is 2. The number of hydrogen-bond donors (Lipinski definition) is 8. The minimum Gasteiger partial charge on any atom is -0.387 e. The monoisotopic (exact) mass is 583 g/mol. The molecule has 1 fully saturated rings. The molecule has 3 unspecified atom stereocenters. The minimum absolute atomic E-state index is 0.110. The molecule has 2 rings (SSSR count). The average molecular weight is 583 g/mol. The van der Waals surface area contributed by atoms with Crippen molar-refractivity contribution in [2.75, 3.05) is 6.61 Å². The first kappa shape index (κ1) is 31.1. The fraction of sp³-hybridized carbons (Fsp3) is 0.733. The molecule has 2 aliphatic heterocycles. The van der Waals surface area contributed by atoms with Crippen molar-refractivity contribution in [1.82, 2.24) is 10.2 Å². The first-order valence-corrected chi connectivity index (χ1v) is 14.8. The van der Waals surface area contributed by atoms with Gasteiger partial charge in [-0.2, -0.15) is 8.62 Å². The third-order valence-corrected chi connectivity index (χ3v) is 8.75. The Morgan fingerprint density at radius 2 is 1.78 bits per heavy atom. The summed E-state index contributed by atoms with van der Waals surface area (Å²) in [6.07, 6.45) is -2.25. The number of phosphoric ester groups is 1. The van der Waals surface area contributed by atoms with Gasteiger partial charge in [-0.05, 0) is 12.5 Å². The van der Waals surface area contributed by atoms with E-state index in [1.807, 2.05) is 6.92 Å². The van der Waals surface area contributed by atoms with Crippen LogP contribution in [0, 0.1) is 0 Å². The van der Waals surface area contributed by atoms with Crippen LogP contribution in [0.2, 0.25) is 0 Å². The number of nitrogens with two attached hydrogens (primary N) is 1. The molecule has 18 nitrogen and oxygen atoms in total. The topological polar surface area (TPSA) is 285 Å². The van der Waals surface area contributed by atoms with E-state index in [1.165, 1.54) is 0 Å². The van der Waals surface area contributed by atoms with Crippen LogP contribution in [0.3, 0.4) is 0 Å². The Bertz CT molecular complexity index is 1000. The Hall–Kier alpha value is -1.07. The molecule has 0 spiro atoms. The molecule has 208 valence electrons. The number of unbranched alkanes of at least 4 members (excludes halogenated alkanes) is 2. The number of aliphatic hydroxyl groups excluding tert-OH is 2. The van der Waals surface area contributed by atoms with Gasteiger partial charge in [-0.25, -0.2) is 18.5 Å². The van der Waals surface area contributed by atoms with E-state index < -0.39 is 72.1 Å². The van der Waals surface area contributed by atoms with Gasteiger partial charge in [0, 0.05) is 12.6 Å².